The predicted molar refractivity (Wildman–Crippen MR) is 64.1 cm³/mol. The Morgan fingerprint density at radius 2 is 2.41 bits per heavy atom. The van der Waals surface area contributed by atoms with Crippen molar-refractivity contribution >= 4 is 11.6 Å². The van der Waals surface area contributed by atoms with Gasteiger partial charge in [-0.1, -0.05) is 11.6 Å². The molecule has 1 unspecified atom stereocenters. The van der Waals surface area contributed by atoms with Gasteiger partial charge in [0, 0.05) is 19.2 Å². The smallest absolute Gasteiger partial charge is 0.140 e. The molecule has 1 aliphatic heterocycles. The highest BCUT2D eigenvalue weighted by atomic mass is 35.5. The first-order chi connectivity index (χ1) is 8.15. The summed E-state index contributed by atoms with van der Waals surface area (Å²) in [6.07, 6.45) is 0.00749. The Balaban J connectivity index is 1.90. The minimum Gasteiger partial charge on any atom is -0.489 e. The number of likely N-dealkylation sites (N-methyl/N-ethyl adjacent to an activating group) is 1. The first kappa shape index (κ1) is 12.6. The molecule has 0 bridgehead atoms. The fourth-order valence-electron chi connectivity index (χ4n) is 1.74. The average molecular weight is 260 g/mol. The molecule has 94 valence electrons. The normalized spacial score (nSPS) is 21.5. The summed E-state index contributed by atoms with van der Waals surface area (Å²) in [6.45, 7) is 2.82. The van der Waals surface area contributed by atoms with Crippen molar-refractivity contribution in [1.82, 2.24) is 4.90 Å². The lowest BCUT2D eigenvalue weighted by molar-refractivity contribution is -0.0403. The maximum atomic E-state index is 13.0. The fourth-order valence-corrected chi connectivity index (χ4v) is 1.91. The van der Waals surface area contributed by atoms with Crippen LogP contribution in [-0.4, -0.2) is 44.4 Å². The molecule has 1 aliphatic rings. The molecular formula is C12H15ClFNO2. The molecule has 1 saturated heterocycles. The number of halogens is 2. The molecule has 0 saturated carbocycles. The Kier molecular flexibility index (Phi) is 4.20. The summed E-state index contributed by atoms with van der Waals surface area (Å²) in [6, 6.07) is 4.08. The second-order valence-corrected chi connectivity index (χ2v) is 4.55. The molecule has 0 aromatic heterocycles. The molecule has 0 spiro atoms. The van der Waals surface area contributed by atoms with E-state index in [0.717, 1.165) is 13.1 Å². The van der Waals surface area contributed by atoms with E-state index < -0.39 is 0 Å². The van der Waals surface area contributed by atoms with Crippen LogP contribution in [0, 0.1) is 5.82 Å². The third-order valence-electron chi connectivity index (χ3n) is 2.66. The summed E-state index contributed by atoms with van der Waals surface area (Å²) < 4.78 is 24.0. The van der Waals surface area contributed by atoms with Gasteiger partial charge in [0.05, 0.1) is 11.6 Å². The van der Waals surface area contributed by atoms with E-state index in [-0.39, 0.29) is 11.9 Å². The van der Waals surface area contributed by atoms with Crippen LogP contribution in [0.1, 0.15) is 0 Å². The zero-order chi connectivity index (χ0) is 12.3. The zero-order valence-electron chi connectivity index (χ0n) is 9.66. The van der Waals surface area contributed by atoms with Gasteiger partial charge in [0.15, 0.2) is 0 Å². The summed E-state index contributed by atoms with van der Waals surface area (Å²) in [4.78, 5) is 2.17. The van der Waals surface area contributed by atoms with Crippen molar-refractivity contribution in [2.75, 3.05) is 33.4 Å². The predicted octanol–water partition coefficient (Wildman–Crippen LogP) is 2.19. The molecule has 1 heterocycles. The maximum absolute atomic E-state index is 13.0. The van der Waals surface area contributed by atoms with Gasteiger partial charge in [0.1, 0.15) is 24.3 Å². The Bertz CT molecular complexity index is 389. The first-order valence-corrected chi connectivity index (χ1v) is 5.91. The van der Waals surface area contributed by atoms with Crippen LogP contribution in [0.5, 0.6) is 5.75 Å². The van der Waals surface area contributed by atoms with E-state index in [4.69, 9.17) is 21.1 Å². The van der Waals surface area contributed by atoms with E-state index >= 15 is 0 Å². The molecule has 3 nitrogen and oxygen atoms in total. The molecular weight excluding hydrogens is 245 g/mol. The van der Waals surface area contributed by atoms with E-state index in [1.807, 2.05) is 7.05 Å². The van der Waals surface area contributed by atoms with E-state index in [9.17, 15) is 4.39 Å². The number of morpholine rings is 1. The summed E-state index contributed by atoms with van der Waals surface area (Å²) in [5.74, 6) is 0.00886. The zero-order valence-corrected chi connectivity index (χ0v) is 10.4. The van der Waals surface area contributed by atoms with Crippen molar-refractivity contribution in [2.45, 2.75) is 6.10 Å². The highest BCUT2D eigenvalue weighted by molar-refractivity contribution is 6.32. The van der Waals surface area contributed by atoms with Gasteiger partial charge in [-0.05, 0) is 19.2 Å². The maximum Gasteiger partial charge on any atom is 0.140 e. The first-order valence-electron chi connectivity index (χ1n) is 5.53. The number of nitrogens with zero attached hydrogens (tertiary/aromatic N) is 1. The third-order valence-corrected chi connectivity index (χ3v) is 2.97. The molecule has 2 rings (SSSR count). The number of hydrogen-bond donors (Lipinski definition) is 0. The number of rotatable bonds is 3. The molecule has 17 heavy (non-hydrogen) atoms. The summed E-state index contributed by atoms with van der Waals surface area (Å²) in [5.41, 5.74) is 0. The Morgan fingerprint density at radius 1 is 1.59 bits per heavy atom. The number of hydrogen-bond acceptors (Lipinski definition) is 3. The number of ether oxygens (including phenoxy) is 2. The molecule has 0 radical (unpaired) electrons. The fraction of sp³-hybridized carbons (Fsp3) is 0.500. The quantitative estimate of drug-likeness (QED) is 0.831. The van der Waals surface area contributed by atoms with Crippen molar-refractivity contribution in [3.63, 3.8) is 0 Å². The van der Waals surface area contributed by atoms with Crippen molar-refractivity contribution < 1.29 is 13.9 Å². The lowest BCUT2D eigenvalue weighted by Crippen LogP contribution is -2.42. The van der Waals surface area contributed by atoms with Gasteiger partial charge in [-0.15, -0.1) is 0 Å². The average Bonchev–Trinajstić information content (AvgIpc) is 2.30. The third kappa shape index (κ3) is 3.56. The van der Waals surface area contributed by atoms with Crippen molar-refractivity contribution in [3.05, 3.63) is 29.0 Å². The molecule has 5 heteroatoms. The van der Waals surface area contributed by atoms with E-state index in [0.29, 0.717) is 24.0 Å². The van der Waals surface area contributed by atoms with Gasteiger partial charge >= 0.3 is 0 Å². The molecule has 1 aromatic rings. The van der Waals surface area contributed by atoms with Crippen LogP contribution >= 0.6 is 11.6 Å². The molecule has 1 aromatic carbocycles. The highest BCUT2D eigenvalue weighted by Crippen LogP contribution is 2.25. The van der Waals surface area contributed by atoms with E-state index in [1.54, 1.807) is 0 Å². The van der Waals surface area contributed by atoms with Crippen LogP contribution in [0.25, 0.3) is 0 Å². The van der Waals surface area contributed by atoms with Crippen LogP contribution < -0.4 is 4.74 Å². The van der Waals surface area contributed by atoms with Crippen LogP contribution in [0.15, 0.2) is 18.2 Å². The van der Waals surface area contributed by atoms with Crippen LogP contribution in [0.3, 0.4) is 0 Å². The van der Waals surface area contributed by atoms with Gasteiger partial charge < -0.3 is 14.4 Å². The lowest BCUT2D eigenvalue weighted by Gasteiger charge is -2.29. The van der Waals surface area contributed by atoms with E-state index in [2.05, 4.69) is 4.90 Å². The SMILES string of the molecule is CN1CCOC(COc2cc(F)ccc2Cl)C1. The highest BCUT2D eigenvalue weighted by Gasteiger charge is 2.18. The van der Waals surface area contributed by atoms with Crippen LogP contribution in [0.4, 0.5) is 4.39 Å². The van der Waals surface area contributed by atoms with Gasteiger partial charge in [0.25, 0.3) is 0 Å². The molecule has 0 amide bonds. The van der Waals surface area contributed by atoms with Crippen molar-refractivity contribution in [2.24, 2.45) is 0 Å². The van der Waals surface area contributed by atoms with E-state index in [1.165, 1.54) is 18.2 Å². The molecule has 0 aliphatic carbocycles. The van der Waals surface area contributed by atoms with Crippen molar-refractivity contribution in [3.8, 4) is 5.75 Å². The Labute approximate surface area is 105 Å². The minimum absolute atomic E-state index is 0.00749. The van der Waals surface area contributed by atoms with Gasteiger partial charge in [-0.25, -0.2) is 4.39 Å². The molecule has 1 atom stereocenters. The summed E-state index contributed by atoms with van der Waals surface area (Å²) in [7, 11) is 2.03. The monoisotopic (exact) mass is 259 g/mol. The Morgan fingerprint density at radius 3 is 3.18 bits per heavy atom. The summed E-state index contributed by atoms with van der Waals surface area (Å²) >= 11 is 5.90. The second-order valence-electron chi connectivity index (χ2n) is 4.14. The minimum atomic E-state index is -0.355. The lowest BCUT2D eigenvalue weighted by atomic mass is 10.3. The Hall–Kier alpha value is -0.840. The van der Waals surface area contributed by atoms with Gasteiger partial charge in [-0.3, -0.25) is 0 Å². The second kappa shape index (κ2) is 5.67. The molecule has 0 N–H and O–H groups in total. The molecule has 1 fully saturated rings. The topological polar surface area (TPSA) is 21.7 Å². The van der Waals surface area contributed by atoms with Crippen LogP contribution in [-0.2, 0) is 4.74 Å². The van der Waals surface area contributed by atoms with Crippen molar-refractivity contribution in [1.29, 1.82) is 0 Å². The van der Waals surface area contributed by atoms with Crippen LogP contribution in [0.2, 0.25) is 5.02 Å². The largest absolute Gasteiger partial charge is 0.489 e. The number of benzene rings is 1. The summed E-state index contributed by atoms with van der Waals surface area (Å²) in [5, 5.41) is 0.413. The van der Waals surface area contributed by atoms with Gasteiger partial charge in [0.2, 0.25) is 0 Å². The van der Waals surface area contributed by atoms with Gasteiger partial charge in [-0.2, -0.15) is 0 Å². The standard InChI is InChI=1S/C12H15ClFNO2/c1-15-4-5-16-10(7-15)8-17-12-6-9(14)2-3-11(12)13/h2-3,6,10H,4-5,7-8H2,1H3.